The van der Waals surface area contributed by atoms with Gasteiger partial charge in [0.15, 0.2) is 17.5 Å². The van der Waals surface area contributed by atoms with Crippen molar-refractivity contribution in [1.29, 1.82) is 0 Å². The van der Waals surface area contributed by atoms with Crippen LogP contribution in [0.25, 0.3) is 0 Å². The second kappa shape index (κ2) is 7.67. The van der Waals surface area contributed by atoms with Crippen LogP contribution in [0.2, 0.25) is 0 Å². The zero-order valence-electron chi connectivity index (χ0n) is 15.4. The number of anilines is 3. The number of hydrogen-bond acceptors (Lipinski definition) is 4. The van der Waals surface area contributed by atoms with E-state index in [4.69, 9.17) is 0 Å². The molecule has 2 N–H and O–H groups in total. The summed E-state index contributed by atoms with van der Waals surface area (Å²) in [4.78, 5) is 20.7. The standard InChI is InChI=1S/C20H17F3N4O/c1-10-4-5-13(8-11(10)2)26-17-9-16(24-12(3)25-17)20(28)27-15-7-6-14(21)18(22)19(15)23/h4-9H,1-3H3,(H,27,28)(H,24,25,26). The van der Waals surface area contributed by atoms with Gasteiger partial charge in [-0.1, -0.05) is 6.07 Å². The molecule has 0 saturated heterocycles. The fourth-order valence-corrected chi connectivity index (χ4v) is 2.52. The summed E-state index contributed by atoms with van der Waals surface area (Å²) in [6, 6.07) is 8.81. The molecule has 0 bridgehead atoms. The average Bonchev–Trinajstić information content (AvgIpc) is 2.64. The van der Waals surface area contributed by atoms with Crippen molar-refractivity contribution in [3.63, 3.8) is 0 Å². The maximum atomic E-state index is 13.8. The van der Waals surface area contributed by atoms with Crippen LogP contribution in [0, 0.1) is 38.2 Å². The lowest BCUT2D eigenvalue weighted by Crippen LogP contribution is -2.17. The van der Waals surface area contributed by atoms with E-state index in [0.717, 1.165) is 28.9 Å². The van der Waals surface area contributed by atoms with E-state index >= 15 is 0 Å². The van der Waals surface area contributed by atoms with Gasteiger partial charge in [-0.05, 0) is 56.2 Å². The van der Waals surface area contributed by atoms with Gasteiger partial charge in [-0.3, -0.25) is 4.79 Å². The molecule has 3 aromatic rings. The number of benzene rings is 2. The van der Waals surface area contributed by atoms with E-state index in [0.29, 0.717) is 11.6 Å². The van der Waals surface area contributed by atoms with Crippen molar-refractivity contribution in [2.45, 2.75) is 20.8 Å². The molecule has 0 fully saturated rings. The van der Waals surface area contributed by atoms with Gasteiger partial charge in [0.1, 0.15) is 17.3 Å². The first-order valence-electron chi connectivity index (χ1n) is 8.39. The van der Waals surface area contributed by atoms with Crippen LogP contribution in [-0.2, 0) is 0 Å². The number of amides is 1. The highest BCUT2D eigenvalue weighted by molar-refractivity contribution is 6.03. The highest BCUT2D eigenvalue weighted by Crippen LogP contribution is 2.22. The predicted octanol–water partition coefficient (Wildman–Crippen LogP) is 4.82. The SMILES string of the molecule is Cc1nc(Nc2ccc(C)c(C)c2)cc(C(=O)Nc2ccc(F)c(F)c2F)n1. The average molecular weight is 386 g/mol. The zero-order chi connectivity index (χ0) is 20.4. The van der Waals surface area contributed by atoms with E-state index in [1.54, 1.807) is 6.92 Å². The molecule has 5 nitrogen and oxygen atoms in total. The number of hydrogen-bond donors (Lipinski definition) is 2. The van der Waals surface area contributed by atoms with Crippen molar-refractivity contribution < 1.29 is 18.0 Å². The van der Waals surface area contributed by atoms with Crippen molar-refractivity contribution >= 4 is 23.1 Å². The molecule has 144 valence electrons. The maximum Gasteiger partial charge on any atom is 0.274 e. The van der Waals surface area contributed by atoms with Crippen molar-refractivity contribution in [3.05, 3.63) is 76.5 Å². The molecular formula is C20H17F3N4O. The van der Waals surface area contributed by atoms with E-state index in [1.807, 2.05) is 32.0 Å². The minimum atomic E-state index is -1.66. The summed E-state index contributed by atoms with van der Waals surface area (Å²) >= 11 is 0. The summed E-state index contributed by atoms with van der Waals surface area (Å²) in [5.74, 6) is -4.58. The van der Waals surface area contributed by atoms with Crippen molar-refractivity contribution in [2.24, 2.45) is 0 Å². The molecule has 0 spiro atoms. The number of halogens is 3. The van der Waals surface area contributed by atoms with Crippen LogP contribution < -0.4 is 10.6 Å². The molecule has 0 aliphatic heterocycles. The minimum Gasteiger partial charge on any atom is -0.340 e. The van der Waals surface area contributed by atoms with Crippen molar-refractivity contribution in [2.75, 3.05) is 10.6 Å². The summed E-state index contributed by atoms with van der Waals surface area (Å²) in [6.07, 6.45) is 0. The van der Waals surface area contributed by atoms with Gasteiger partial charge in [0.2, 0.25) is 0 Å². The van der Waals surface area contributed by atoms with Crippen LogP contribution >= 0.6 is 0 Å². The monoisotopic (exact) mass is 386 g/mol. The van der Waals surface area contributed by atoms with Crippen LogP contribution in [0.5, 0.6) is 0 Å². The first-order valence-corrected chi connectivity index (χ1v) is 8.39. The normalized spacial score (nSPS) is 10.6. The van der Waals surface area contributed by atoms with Crippen LogP contribution in [0.4, 0.5) is 30.4 Å². The molecule has 0 radical (unpaired) electrons. The summed E-state index contributed by atoms with van der Waals surface area (Å²) in [5.41, 5.74) is 2.46. The van der Waals surface area contributed by atoms with Gasteiger partial charge in [0.05, 0.1) is 5.69 Å². The second-order valence-corrected chi connectivity index (χ2v) is 6.29. The molecule has 0 saturated carbocycles. The number of aromatic nitrogens is 2. The molecule has 1 amide bonds. The van der Waals surface area contributed by atoms with Crippen molar-refractivity contribution in [1.82, 2.24) is 9.97 Å². The van der Waals surface area contributed by atoms with Gasteiger partial charge in [-0.15, -0.1) is 0 Å². The highest BCUT2D eigenvalue weighted by atomic mass is 19.2. The first-order chi connectivity index (χ1) is 13.2. The third-order valence-electron chi connectivity index (χ3n) is 4.13. The molecular weight excluding hydrogens is 369 g/mol. The lowest BCUT2D eigenvalue weighted by molar-refractivity contribution is 0.102. The number of nitrogens with one attached hydrogen (secondary N) is 2. The number of nitrogens with zero attached hydrogens (tertiary/aromatic N) is 2. The van der Waals surface area contributed by atoms with E-state index < -0.39 is 29.0 Å². The van der Waals surface area contributed by atoms with Crippen LogP contribution in [0.3, 0.4) is 0 Å². The van der Waals surface area contributed by atoms with Gasteiger partial charge >= 0.3 is 0 Å². The Morgan fingerprint density at radius 1 is 0.893 bits per heavy atom. The molecule has 28 heavy (non-hydrogen) atoms. The van der Waals surface area contributed by atoms with Crippen LogP contribution in [-0.4, -0.2) is 15.9 Å². The molecule has 1 heterocycles. The highest BCUT2D eigenvalue weighted by Gasteiger charge is 2.17. The fourth-order valence-electron chi connectivity index (χ4n) is 2.52. The molecule has 8 heteroatoms. The number of carbonyl (C=O) groups is 1. The first kappa shape index (κ1) is 19.3. The Balaban J connectivity index is 1.85. The topological polar surface area (TPSA) is 66.9 Å². The minimum absolute atomic E-state index is 0.0528. The molecule has 2 aromatic carbocycles. The Kier molecular flexibility index (Phi) is 5.30. The van der Waals surface area contributed by atoms with Gasteiger partial charge < -0.3 is 10.6 Å². The van der Waals surface area contributed by atoms with E-state index in [2.05, 4.69) is 20.6 Å². The number of rotatable bonds is 4. The van der Waals surface area contributed by atoms with Gasteiger partial charge in [0, 0.05) is 11.8 Å². The third kappa shape index (κ3) is 4.11. The lowest BCUT2D eigenvalue weighted by atomic mass is 10.1. The van der Waals surface area contributed by atoms with E-state index in [-0.39, 0.29) is 5.69 Å². The largest absolute Gasteiger partial charge is 0.340 e. The molecule has 3 rings (SSSR count). The fraction of sp³-hybridized carbons (Fsp3) is 0.150. The molecule has 0 unspecified atom stereocenters. The lowest BCUT2D eigenvalue weighted by Gasteiger charge is -2.11. The predicted molar refractivity (Wildman–Crippen MR) is 100 cm³/mol. The van der Waals surface area contributed by atoms with Gasteiger partial charge in [0.25, 0.3) is 5.91 Å². The summed E-state index contributed by atoms with van der Waals surface area (Å²) in [5, 5.41) is 5.28. The Labute approximate surface area is 159 Å². The Hall–Kier alpha value is -3.42. The van der Waals surface area contributed by atoms with E-state index in [9.17, 15) is 18.0 Å². The second-order valence-electron chi connectivity index (χ2n) is 6.29. The Morgan fingerprint density at radius 2 is 1.64 bits per heavy atom. The maximum absolute atomic E-state index is 13.8. The van der Waals surface area contributed by atoms with Gasteiger partial charge in [-0.2, -0.15) is 0 Å². The van der Waals surface area contributed by atoms with E-state index in [1.165, 1.54) is 6.07 Å². The van der Waals surface area contributed by atoms with Crippen molar-refractivity contribution in [3.8, 4) is 0 Å². The molecule has 0 aliphatic carbocycles. The quantitative estimate of drug-likeness (QED) is 0.631. The molecule has 0 atom stereocenters. The Morgan fingerprint density at radius 3 is 2.36 bits per heavy atom. The zero-order valence-corrected chi connectivity index (χ0v) is 15.4. The molecule has 1 aromatic heterocycles. The van der Waals surface area contributed by atoms with Gasteiger partial charge in [-0.25, -0.2) is 23.1 Å². The number of aryl methyl sites for hydroxylation is 3. The molecule has 0 aliphatic rings. The van der Waals surface area contributed by atoms with Crippen LogP contribution in [0.15, 0.2) is 36.4 Å². The third-order valence-corrected chi connectivity index (χ3v) is 4.13. The number of carbonyl (C=O) groups excluding carboxylic acids is 1. The summed E-state index contributed by atoms with van der Waals surface area (Å²) in [7, 11) is 0. The summed E-state index contributed by atoms with van der Waals surface area (Å²) < 4.78 is 40.1. The van der Waals surface area contributed by atoms with Crippen LogP contribution in [0.1, 0.15) is 27.4 Å². The summed E-state index contributed by atoms with van der Waals surface area (Å²) in [6.45, 7) is 5.56. The smallest absolute Gasteiger partial charge is 0.274 e. The Bertz CT molecular complexity index is 1070.